The summed E-state index contributed by atoms with van der Waals surface area (Å²) in [5.41, 5.74) is 3.15. The van der Waals surface area contributed by atoms with E-state index in [2.05, 4.69) is 11.1 Å². The largest absolute Gasteiger partial charge is 0.496 e. The Hall–Kier alpha value is -1.06. The summed E-state index contributed by atoms with van der Waals surface area (Å²) in [6, 6.07) is 6.06. The lowest BCUT2D eigenvalue weighted by molar-refractivity contribution is 0.412. The number of thiazole rings is 1. The second-order valence-electron chi connectivity index (χ2n) is 3.46. The maximum atomic E-state index is 5.73. The van der Waals surface area contributed by atoms with Crippen molar-refractivity contribution < 1.29 is 4.74 Å². The zero-order valence-electron chi connectivity index (χ0n) is 9.16. The molecular weight excluding hydrogens is 242 g/mol. The minimum atomic E-state index is 0.464. The van der Waals surface area contributed by atoms with E-state index in [-0.39, 0.29) is 0 Å². The number of aryl methyl sites for hydroxylation is 1. The molecule has 0 unspecified atom stereocenters. The molecule has 2 aromatic rings. The lowest BCUT2D eigenvalue weighted by atomic mass is 10.1. The Bertz CT molecular complexity index is 496. The topological polar surface area (TPSA) is 22.1 Å². The standard InChI is InChI=1S/C12H12ClNOS/c1-8-5-9(3-4-11(8)15-2)12-14-10(6-13)7-16-12/h3-5,7H,6H2,1-2H3. The van der Waals surface area contributed by atoms with Gasteiger partial charge in [0.05, 0.1) is 18.7 Å². The van der Waals surface area contributed by atoms with Gasteiger partial charge in [-0.25, -0.2) is 4.98 Å². The van der Waals surface area contributed by atoms with Crippen LogP contribution in [0.2, 0.25) is 0 Å². The molecule has 0 saturated carbocycles. The molecule has 1 aromatic carbocycles. The van der Waals surface area contributed by atoms with Gasteiger partial charge in [0.2, 0.25) is 0 Å². The van der Waals surface area contributed by atoms with Crippen LogP contribution in [0.3, 0.4) is 0 Å². The summed E-state index contributed by atoms with van der Waals surface area (Å²) in [7, 11) is 1.68. The number of benzene rings is 1. The molecule has 0 amide bonds. The number of hydrogen-bond donors (Lipinski definition) is 0. The molecule has 0 radical (unpaired) electrons. The van der Waals surface area contributed by atoms with Crippen molar-refractivity contribution >= 4 is 22.9 Å². The van der Waals surface area contributed by atoms with E-state index in [9.17, 15) is 0 Å². The molecule has 0 atom stereocenters. The van der Waals surface area contributed by atoms with Gasteiger partial charge in [-0.05, 0) is 30.7 Å². The predicted molar refractivity (Wildman–Crippen MR) is 68.4 cm³/mol. The third-order valence-corrected chi connectivity index (χ3v) is 3.54. The smallest absolute Gasteiger partial charge is 0.123 e. The molecule has 0 aliphatic rings. The van der Waals surface area contributed by atoms with Crippen molar-refractivity contribution in [1.82, 2.24) is 4.98 Å². The van der Waals surface area contributed by atoms with Crippen LogP contribution in [-0.2, 0) is 5.88 Å². The quantitative estimate of drug-likeness (QED) is 0.775. The average molecular weight is 254 g/mol. The zero-order valence-corrected chi connectivity index (χ0v) is 10.7. The fourth-order valence-corrected chi connectivity index (χ4v) is 2.56. The Morgan fingerprint density at radius 2 is 2.25 bits per heavy atom. The molecule has 2 rings (SSSR count). The molecule has 1 heterocycles. The van der Waals surface area contributed by atoms with E-state index < -0.39 is 0 Å². The van der Waals surface area contributed by atoms with Gasteiger partial charge in [0.1, 0.15) is 10.8 Å². The first-order valence-electron chi connectivity index (χ1n) is 4.90. The third kappa shape index (κ3) is 2.20. The fraction of sp³-hybridized carbons (Fsp3) is 0.250. The fourth-order valence-electron chi connectivity index (χ4n) is 1.51. The Kier molecular flexibility index (Phi) is 3.46. The molecular formula is C12H12ClNOS. The third-order valence-electron chi connectivity index (χ3n) is 2.33. The Labute approximate surface area is 104 Å². The predicted octanol–water partition coefficient (Wildman–Crippen LogP) is 3.87. The maximum absolute atomic E-state index is 5.73. The molecule has 4 heteroatoms. The van der Waals surface area contributed by atoms with Gasteiger partial charge < -0.3 is 4.74 Å². The summed E-state index contributed by atoms with van der Waals surface area (Å²) in [6.07, 6.45) is 0. The van der Waals surface area contributed by atoms with E-state index in [1.807, 2.05) is 24.4 Å². The van der Waals surface area contributed by atoms with Crippen molar-refractivity contribution in [3.05, 3.63) is 34.8 Å². The van der Waals surface area contributed by atoms with Gasteiger partial charge in [-0.2, -0.15) is 0 Å². The highest BCUT2D eigenvalue weighted by Crippen LogP contribution is 2.28. The van der Waals surface area contributed by atoms with Crippen molar-refractivity contribution in [3.8, 4) is 16.3 Å². The highest BCUT2D eigenvalue weighted by molar-refractivity contribution is 7.13. The van der Waals surface area contributed by atoms with Crippen molar-refractivity contribution in [2.24, 2.45) is 0 Å². The number of aromatic nitrogens is 1. The molecule has 0 fully saturated rings. The summed E-state index contributed by atoms with van der Waals surface area (Å²) < 4.78 is 5.22. The van der Waals surface area contributed by atoms with Crippen LogP contribution in [0.1, 0.15) is 11.3 Å². The molecule has 0 spiro atoms. The van der Waals surface area contributed by atoms with Crippen LogP contribution in [0, 0.1) is 6.92 Å². The van der Waals surface area contributed by atoms with E-state index in [0.717, 1.165) is 27.6 Å². The number of hydrogen-bond acceptors (Lipinski definition) is 3. The number of ether oxygens (including phenoxy) is 1. The van der Waals surface area contributed by atoms with Crippen LogP contribution in [0.5, 0.6) is 5.75 Å². The second kappa shape index (κ2) is 4.85. The van der Waals surface area contributed by atoms with E-state index in [1.165, 1.54) is 0 Å². The lowest BCUT2D eigenvalue weighted by Crippen LogP contribution is -1.87. The van der Waals surface area contributed by atoms with Gasteiger partial charge in [0, 0.05) is 10.9 Å². The van der Waals surface area contributed by atoms with E-state index >= 15 is 0 Å². The van der Waals surface area contributed by atoms with Gasteiger partial charge in [-0.15, -0.1) is 22.9 Å². The Morgan fingerprint density at radius 1 is 1.44 bits per heavy atom. The maximum Gasteiger partial charge on any atom is 0.123 e. The molecule has 1 aromatic heterocycles. The highest BCUT2D eigenvalue weighted by atomic mass is 35.5. The zero-order chi connectivity index (χ0) is 11.5. The van der Waals surface area contributed by atoms with Crippen LogP contribution in [0.4, 0.5) is 0 Å². The van der Waals surface area contributed by atoms with Gasteiger partial charge in [-0.3, -0.25) is 0 Å². The Balaban J connectivity index is 2.37. The first-order valence-corrected chi connectivity index (χ1v) is 6.31. The first-order chi connectivity index (χ1) is 7.74. The SMILES string of the molecule is COc1ccc(-c2nc(CCl)cs2)cc1C. The summed E-state index contributed by atoms with van der Waals surface area (Å²) in [6.45, 7) is 2.03. The van der Waals surface area contributed by atoms with Crippen molar-refractivity contribution in [3.63, 3.8) is 0 Å². The minimum absolute atomic E-state index is 0.464. The van der Waals surface area contributed by atoms with Gasteiger partial charge in [0.25, 0.3) is 0 Å². The molecule has 84 valence electrons. The van der Waals surface area contributed by atoms with Gasteiger partial charge in [-0.1, -0.05) is 0 Å². The normalized spacial score (nSPS) is 10.4. The number of methoxy groups -OCH3 is 1. The number of alkyl halides is 1. The van der Waals surface area contributed by atoms with Crippen LogP contribution < -0.4 is 4.74 Å². The van der Waals surface area contributed by atoms with Crippen LogP contribution in [0.15, 0.2) is 23.6 Å². The number of nitrogens with zero attached hydrogens (tertiary/aromatic N) is 1. The number of rotatable bonds is 3. The average Bonchev–Trinajstić information content (AvgIpc) is 2.77. The van der Waals surface area contributed by atoms with Crippen LogP contribution >= 0.6 is 22.9 Å². The molecule has 0 saturated heterocycles. The summed E-state index contributed by atoms with van der Waals surface area (Å²) in [5, 5.41) is 2.99. The molecule has 16 heavy (non-hydrogen) atoms. The van der Waals surface area contributed by atoms with Crippen LogP contribution in [0.25, 0.3) is 10.6 Å². The van der Waals surface area contributed by atoms with Crippen molar-refractivity contribution in [2.45, 2.75) is 12.8 Å². The summed E-state index contributed by atoms with van der Waals surface area (Å²) in [5.74, 6) is 1.36. The first kappa shape index (κ1) is 11.4. The summed E-state index contributed by atoms with van der Waals surface area (Å²) >= 11 is 7.34. The molecule has 0 N–H and O–H groups in total. The Morgan fingerprint density at radius 3 is 2.81 bits per heavy atom. The van der Waals surface area contributed by atoms with Crippen molar-refractivity contribution in [1.29, 1.82) is 0 Å². The molecule has 0 bridgehead atoms. The van der Waals surface area contributed by atoms with Gasteiger partial charge >= 0.3 is 0 Å². The van der Waals surface area contributed by atoms with E-state index in [4.69, 9.17) is 16.3 Å². The molecule has 2 nitrogen and oxygen atoms in total. The number of halogens is 1. The molecule has 0 aliphatic heterocycles. The van der Waals surface area contributed by atoms with E-state index in [0.29, 0.717) is 5.88 Å². The lowest BCUT2D eigenvalue weighted by Gasteiger charge is -2.05. The monoisotopic (exact) mass is 253 g/mol. The second-order valence-corrected chi connectivity index (χ2v) is 4.59. The van der Waals surface area contributed by atoms with E-state index in [1.54, 1.807) is 18.4 Å². The highest BCUT2D eigenvalue weighted by Gasteiger charge is 2.06. The summed E-state index contributed by atoms with van der Waals surface area (Å²) in [4.78, 5) is 4.44. The minimum Gasteiger partial charge on any atom is -0.496 e. The molecule has 0 aliphatic carbocycles. The van der Waals surface area contributed by atoms with Gasteiger partial charge in [0.15, 0.2) is 0 Å². The van der Waals surface area contributed by atoms with Crippen molar-refractivity contribution in [2.75, 3.05) is 7.11 Å². The van der Waals surface area contributed by atoms with Crippen LogP contribution in [-0.4, -0.2) is 12.1 Å².